The van der Waals surface area contributed by atoms with Crippen molar-refractivity contribution in [1.29, 1.82) is 0 Å². The number of ketones is 1. The summed E-state index contributed by atoms with van der Waals surface area (Å²) < 4.78 is 0. The van der Waals surface area contributed by atoms with Crippen LogP contribution in [0.5, 0.6) is 0 Å². The van der Waals surface area contributed by atoms with Gasteiger partial charge in [0.15, 0.2) is 5.78 Å². The maximum absolute atomic E-state index is 13.1. The van der Waals surface area contributed by atoms with Gasteiger partial charge in [-0.05, 0) is 93.1 Å². The molecule has 10 nitrogen and oxygen atoms in total. The van der Waals surface area contributed by atoms with Gasteiger partial charge >= 0.3 is 0 Å². The van der Waals surface area contributed by atoms with Crippen LogP contribution in [0, 0.1) is 5.92 Å². The molecular weight excluding hydrogens is 566 g/mol. The van der Waals surface area contributed by atoms with Gasteiger partial charge in [0.05, 0.1) is 10.4 Å². The molecule has 0 spiro atoms. The van der Waals surface area contributed by atoms with Gasteiger partial charge < -0.3 is 15.5 Å². The SMILES string of the molecule is C/C=C/C(=O)CCC(=O)NC1CCC(C(=O)NC2CCN(c3ccnc4ccc(/C=C5\SC(=O)NC5=O)cc34)CC2)CC1. The molecule has 11 heteroatoms. The van der Waals surface area contributed by atoms with Crippen LogP contribution >= 0.6 is 11.8 Å². The molecule has 226 valence electrons. The summed E-state index contributed by atoms with van der Waals surface area (Å²) in [5.41, 5.74) is 2.73. The third kappa shape index (κ3) is 7.90. The van der Waals surface area contributed by atoms with E-state index in [1.807, 2.05) is 24.3 Å². The number of fused-ring (bicyclic) bond motifs is 1. The average Bonchev–Trinajstić information content (AvgIpc) is 3.32. The molecule has 2 aliphatic heterocycles. The summed E-state index contributed by atoms with van der Waals surface area (Å²) in [7, 11) is 0. The number of carbonyl (C=O) groups excluding carboxylic acids is 5. The molecule has 4 amide bonds. The van der Waals surface area contributed by atoms with Crippen LogP contribution in [0.3, 0.4) is 0 Å². The number of nitrogens with zero attached hydrogens (tertiary/aromatic N) is 2. The summed E-state index contributed by atoms with van der Waals surface area (Å²) >= 11 is 0.900. The normalized spacial score (nSPS) is 22.3. The van der Waals surface area contributed by atoms with Crippen molar-refractivity contribution in [2.75, 3.05) is 18.0 Å². The summed E-state index contributed by atoms with van der Waals surface area (Å²) in [6.07, 6.45) is 11.8. The van der Waals surface area contributed by atoms with Crippen molar-refractivity contribution in [2.24, 2.45) is 5.92 Å². The zero-order valence-corrected chi connectivity index (χ0v) is 25.1. The number of allylic oxidation sites excluding steroid dienone is 2. The topological polar surface area (TPSA) is 138 Å². The lowest BCUT2D eigenvalue weighted by Crippen LogP contribution is -2.47. The van der Waals surface area contributed by atoms with Gasteiger partial charge in [0.2, 0.25) is 11.8 Å². The summed E-state index contributed by atoms with van der Waals surface area (Å²) in [5.74, 6) is -0.482. The minimum Gasteiger partial charge on any atom is -0.371 e. The second-order valence-electron chi connectivity index (χ2n) is 11.3. The summed E-state index contributed by atoms with van der Waals surface area (Å²) in [6.45, 7) is 3.36. The van der Waals surface area contributed by atoms with E-state index in [1.165, 1.54) is 6.08 Å². The fourth-order valence-corrected chi connectivity index (χ4v) is 6.66. The van der Waals surface area contributed by atoms with E-state index in [-0.39, 0.29) is 59.6 Å². The molecule has 3 aliphatic rings. The van der Waals surface area contributed by atoms with Crippen molar-refractivity contribution in [3.05, 3.63) is 53.1 Å². The van der Waals surface area contributed by atoms with Crippen molar-refractivity contribution in [1.82, 2.24) is 20.9 Å². The number of pyridine rings is 1. The second kappa shape index (κ2) is 14.0. The lowest BCUT2D eigenvalue weighted by Gasteiger charge is -2.36. The number of amides is 4. The molecule has 1 aliphatic carbocycles. The van der Waals surface area contributed by atoms with Crippen molar-refractivity contribution in [3.8, 4) is 0 Å². The highest BCUT2D eigenvalue weighted by molar-refractivity contribution is 8.18. The first kappa shape index (κ1) is 30.5. The van der Waals surface area contributed by atoms with Crippen LogP contribution in [0.15, 0.2) is 47.5 Å². The molecule has 3 N–H and O–H groups in total. The highest BCUT2D eigenvalue weighted by Gasteiger charge is 2.30. The predicted molar refractivity (Wildman–Crippen MR) is 167 cm³/mol. The van der Waals surface area contributed by atoms with Crippen molar-refractivity contribution in [3.63, 3.8) is 0 Å². The zero-order chi connectivity index (χ0) is 30.3. The molecule has 5 rings (SSSR count). The minimum absolute atomic E-state index is 0.0462. The van der Waals surface area contributed by atoms with E-state index in [0.717, 1.165) is 85.5 Å². The standard InChI is InChI=1S/C32H37N5O5S/c1-2-3-24(38)9-11-29(39)34-22-7-5-21(6-8-22)30(40)35-23-13-16-37(17-14-23)27-12-15-33-26-10-4-20(18-25(26)27)19-28-31(41)36-32(42)43-28/h2-4,10,12,15,18-19,21-23H,5-9,11,13-14,16-17H2,1H3,(H,34,39)(H,35,40)(H,36,41,42)/b3-2+,28-19-. The quantitative estimate of drug-likeness (QED) is 0.362. The van der Waals surface area contributed by atoms with E-state index in [4.69, 9.17) is 0 Å². The number of carbonyl (C=O) groups is 5. The first-order valence-corrected chi connectivity index (χ1v) is 15.7. The summed E-state index contributed by atoms with van der Waals surface area (Å²) in [5, 5.41) is 9.19. The zero-order valence-electron chi connectivity index (χ0n) is 24.3. The number of piperidine rings is 1. The Morgan fingerprint density at radius 2 is 1.74 bits per heavy atom. The van der Waals surface area contributed by atoms with Crippen LogP contribution in [0.2, 0.25) is 0 Å². The molecule has 0 unspecified atom stereocenters. The smallest absolute Gasteiger partial charge is 0.290 e. The van der Waals surface area contributed by atoms with Crippen molar-refractivity contribution >= 4 is 63.2 Å². The Balaban J connectivity index is 1.10. The molecule has 1 aromatic carbocycles. The highest BCUT2D eigenvalue weighted by Crippen LogP contribution is 2.32. The third-order valence-electron chi connectivity index (χ3n) is 8.28. The molecule has 3 fully saturated rings. The highest BCUT2D eigenvalue weighted by atomic mass is 32.2. The Kier molecular flexibility index (Phi) is 9.91. The Bertz CT molecular complexity index is 1470. The van der Waals surface area contributed by atoms with Crippen LogP contribution in [-0.2, 0) is 19.2 Å². The number of benzene rings is 1. The van der Waals surface area contributed by atoms with E-state index >= 15 is 0 Å². The van der Waals surface area contributed by atoms with E-state index in [2.05, 4.69) is 25.8 Å². The van der Waals surface area contributed by atoms with Gasteiger partial charge in [-0.3, -0.25) is 34.3 Å². The number of nitrogens with one attached hydrogen (secondary N) is 3. The Labute approximate surface area is 255 Å². The van der Waals surface area contributed by atoms with Gasteiger partial charge in [-0.25, -0.2) is 0 Å². The molecular formula is C32H37N5O5S. The lowest BCUT2D eigenvalue weighted by atomic mass is 9.85. The first-order valence-electron chi connectivity index (χ1n) is 14.9. The third-order valence-corrected chi connectivity index (χ3v) is 9.09. The monoisotopic (exact) mass is 603 g/mol. The Morgan fingerprint density at radius 1 is 1.00 bits per heavy atom. The number of hydrogen-bond donors (Lipinski definition) is 3. The van der Waals surface area contributed by atoms with Gasteiger partial charge in [0.25, 0.3) is 11.1 Å². The van der Waals surface area contributed by atoms with Gasteiger partial charge in [0, 0.05) is 61.2 Å². The van der Waals surface area contributed by atoms with Gasteiger partial charge in [-0.1, -0.05) is 12.1 Å². The average molecular weight is 604 g/mol. The molecule has 1 saturated carbocycles. The van der Waals surface area contributed by atoms with E-state index in [9.17, 15) is 24.0 Å². The molecule has 2 saturated heterocycles. The molecule has 2 aromatic rings. The number of aromatic nitrogens is 1. The van der Waals surface area contributed by atoms with E-state index in [1.54, 1.807) is 25.3 Å². The number of rotatable bonds is 9. The molecule has 1 aromatic heterocycles. The van der Waals surface area contributed by atoms with Crippen LogP contribution in [0.1, 0.15) is 63.9 Å². The van der Waals surface area contributed by atoms with Crippen molar-refractivity contribution < 1.29 is 24.0 Å². The second-order valence-corrected chi connectivity index (χ2v) is 12.3. The van der Waals surface area contributed by atoms with Gasteiger partial charge in [0.1, 0.15) is 0 Å². The number of thioether (sulfide) groups is 1. The molecule has 43 heavy (non-hydrogen) atoms. The van der Waals surface area contributed by atoms with Crippen LogP contribution in [0.25, 0.3) is 17.0 Å². The van der Waals surface area contributed by atoms with E-state index < -0.39 is 0 Å². The van der Waals surface area contributed by atoms with Crippen LogP contribution in [-0.4, -0.2) is 58.9 Å². The maximum Gasteiger partial charge on any atom is 0.290 e. The fourth-order valence-electron chi connectivity index (χ4n) is 5.98. The Hall–Kier alpha value is -3.99. The molecule has 3 heterocycles. The lowest BCUT2D eigenvalue weighted by molar-refractivity contribution is -0.127. The number of anilines is 1. The van der Waals surface area contributed by atoms with Crippen LogP contribution in [0.4, 0.5) is 10.5 Å². The Morgan fingerprint density at radius 3 is 2.44 bits per heavy atom. The predicted octanol–water partition coefficient (Wildman–Crippen LogP) is 4.24. The number of imide groups is 1. The van der Waals surface area contributed by atoms with E-state index in [0.29, 0.717) is 4.91 Å². The molecule has 0 bridgehead atoms. The summed E-state index contributed by atoms with van der Waals surface area (Å²) in [6, 6.07) is 7.97. The number of hydrogen-bond acceptors (Lipinski definition) is 8. The maximum atomic E-state index is 13.1. The molecule has 0 radical (unpaired) electrons. The minimum atomic E-state index is -0.379. The first-order chi connectivity index (χ1) is 20.8. The van der Waals surface area contributed by atoms with Crippen molar-refractivity contribution in [2.45, 2.75) is 70.4 Å². The molecule has 0 atom stereocenters. The largest absolute Gasteiger partial charge is 0.371 e. The van der Waals surface area contributed by atoms with Gasteiger partial charge in [-0.15, -0.1) is 0 Å². The van der Waals surface area contributed by atoms with Gasteiger partial charge in [-0.2, -0.15) is 0 Å². The summed E-state index contributed by atoms with van der Waals surface area (Å²) in [4.78, 5) is 67.6. The van der Waals surface area contributed by atoms with Crippen LogP contribution < -0.4 is 20.9 Å². The fraction of sp³-hybridized carbons (Fsp3) is 0.438.